The van der Waals surface area contributed by atoms with Gasteiger partial charge in [-0.05, 0) is 80.2 Å². The number of fused-ring (bicyclic) bond motifs is 1. The third kappa shape index (κ3) is 6.63. The molecule has 1 fully saturated rings. The van der Waals surface area contributed by atoms with Crippen molar-refractivity contribution in [2.24, 2.45) is 0 Å². The van der Waals surface area contributed by atoms with Crippen LogP contribution >= 0.6 is 11.6 Å². The molecule has 2 amide bonds. The van der Waals surface area contributed by atoms with Crippen LogP contribution < -0.4 is 9.64 Å². The van der Waals surface area contributed by atoms with Gasteiger partial charge in [0.1, 0.15) is 12.4 Å². The van der Waals surface area contributed by atoms with Gasteiger partial charge >= 0.3 is 5.97 Å². The van der Waals surface area contributed by atoms with Crippen LogP contribution in [-0.2, 0) is 20.7 Å². The Labute approximate surface area is 306 Å². The van der Waals surface area contributed by atoms with Crippen molar-refractivity contribution in [3.8, 4) is 5.75 Å². The van der Waals surface area contributed by atoms with Crippen LogP contribution in [0, 0.1) is 6.92 Å². The van der Waals surface area contributed by atoms with Crippen LogP contribution in [0.25, 0.3) is 21.7 Å². The smallest absolute Gasteiger partial charge is 0.310 e. The lowest BCUT2D eigenvalue weighted by molar-refractivity contribution is -0.144. The molecule has 12 heteroatoms. The number of carbonyl (C=O) groups excluding carboxylic acids is 4. The second-order valence-electron chi connectivity index (χ2n) is 13.0. The van der Waals surface area contributed by atoms with Crippen molar-refractivity contribution in [2.45, 2.75) is 13.3 Å². The fourth-order valence-electron chi connectivity index (χ4n) is 7.12. The van der Waals surface area contributed by atoms with E-state index in [2.05, 4.69) is 16.8 Å². The molecule has 4 aromatic carbocycles. The largest absolute Gasteiger partial charge is 0.497 e. The van der Waals surface area contributed by atoms with Crippen LogP contribution in [0.1, 0.15) is 42.3 Å². The lowest BCUT2D eigenvalue weighted by Gasteiger charge is -2.35. The highest BCUT2D eigenvalue weighted by molar-refractivity contribution is 6.30. The maximum atomic E-state index is 13.6. The molecule has 1 saturated heterocycles. The zero-order chi connectivity index (χ0) is 36.5. The summed E-state index contributed by atoms with van der Waals surface area (Å²) >= 11 is 6.03. The van der Waals surface area contributed by atoms with E-state index in [1.165, 1.54) is 4.90 Å². The first-order valence-corrected chi connectivity index (χ1v) is 17.6. The van der Waals surface area contributed by atoms with Crippen LogP contribution in [0.5, 0.6) is 5.75 Å². The van der Waals surface area contributed by atoms with Gasteiger partial charge in [0, 0.05) is 75.4 Å². The number of imide groups is 1. The average molecular weight is 723 g/mol. The summed E-state index contributed by atoms with van der Waals surface area (Å²) < 4.78 is 18.2. The van der Waals surface area contributed by atoms with E-state index in [9.17, 15) is 19.2 Å². The number of rotatable bonds is 11. The monoisotopic (exact) mass is 722 g/mol. The van der Waals surface area contributed by atoms with Gasteiger partial charge in [0.05, 0.1) is 38.8 Å². The molecule has 0 saturated carbocycles. The molecule has 5 aromatic rings. The summed E-state index contributed by atoms with van der Waals surface area (Å²) in [5.74, 6) is -0.857. The summed E-state index contributed by atoms with van der Waals surface area (Å²) in [4.78, 5) is 59.5. The molecule has 7 rings (SSSR count). The highest BCUT2D eigenvalue weighted by Gasteiger charge is 2.34. The maximum Gasteiger partial charge on any atom is 0.310 e. The normalized spacial score (nSPS) is 14.8. The van der Waals surface area contributed by atoms with Gasteiger partial charge in [0.15, 0.2) is 0 Å². The first-order valence-electron chi connectivity index (χ1n) is 17.2. The Morgan fingerprint density at radius 2 is 1.56 bits per heavy atom. The molecule has 0 aliphatic carbocycles. The lowest BCUT2D eigenvalue weighted by Crippen LogP contribution is -2.45. The van der Waals surface area contributed by atoms with Crippen LogP contribution in [0.15, 0.2) is 72.8 Å². The van der Waals surface area contributed by atoms with E-state index in [-0.39, 0.29) is 50.5 Å². The molecular weight excluding hydrogens is 684 g/mol. The van der Waals surface area contributed by atoms with E-state index in [1.54, 1.807) is 67.1 Å². The zero-order valence-electron chi connectivity index (χ0n) is 29.3. The summed E-state index contributed by atoms with van der Waals surface area (Å²) in [6.45, 7) is 5.63. The van der Waals surface area contributed by atoms with Crippen LogP contribution in [0.3, 0.4) is 0 Å². The van der Waals surface area contributed by atoms with Gasteiger partial charge < -0.3 is 24.0 Å². The fraction of sp³-hybridized carbons (Fsp3) is 0.300. The molecule has 0 unspecified atom stereocenters. The summed E-state index contributed by atoms with van der Waals surface area (Å²) in [6, 6.07) is 21.4. The minimum absolute atomic E-state index is 0.0251. The van der Waals surface area contributed by atoms with Crippen LogP contribution in [0.2, 0.25) is 5.02 Å². The summed E-state index contributed by atoms with van der Waals surface area (Å²) in [5, 5.41) is 2.83. The molecule has 0 atom stereocenters. The highest BCUT2D eigenvalue weighted by Crippen LogP contribution is 2.36. The topological polar surface area (TPSA) is 111 Å². The molecule has 268 valence electrons. The molecule has 0 spiro atoms. The number of esters is 1. The molecule has 0 N–H and O–H groups in total. The Morgan fingerprint density at radius 1 is 0.827 bits per heavy atom. The second kappa shape index (κ2) is 14.8. The number of hydrogen-bond acceptors (Lipinski definition) is 9. The Morgan fingerprint density at radius 3 is 2.29 bits per heavy atom. The van der Waals surface area contributed by atoms with Crippen molar-refractivity contribution >= 4 is 62.7 Å². The molecule has 2 aliphatic rings. The van der Waals surface area contributed by atoms with Gasteiger partial charge in [0.25, 0.3) is 17.7 Å². The maximum absolute atomic E-state index is 13.6. The van der Waals surface area contributed by atoms with Crippen molar-refractivity contribution in [3.63, 3.8) is 0 Å². The predicted octanol–water partition coefficient (Wildman–Crippen LogP) is 5.60. The average Bonchev–Trinajstić information content (AvgIpc) is 3.42. The van der Waals surface area contributed by atoms with Gasteiger partial charge in [-0.1, -0.05) is 23.7 Å². The van der Waals surface area contributed by atoms with Gasteiger partial charge in [0.2, 0.25) is 0 Å². The Bertz CT molecular complexity index is 2180. The van der Waals surface area contributed by atoms with Crippen molar-refractivity contribution in [1.29, 1.82) is 0 Å². The lowest BCUT2D eigenvalue weighted by atomic mass is 9.92. The molecule has 0 radical (unpaired) electrons. The van der Waals surface area contributed by atoms with Crippen LogP contribution in [0.4, 0.5) is 5.69 Å². The van der Waals surface area contributed by atoms with Crippen LogP contribution in [-0.4, -0.2) is 105 Å². The van der Waals surface area contributed by atoms with Gasteiger partial charge in [-0.3, -0.25) is 28.6 Å². The summed E-state index contributed by atoms with van der Waals surface area (Å²) in [7, 11) is 3.66. The number of methoxy groups -OCH3 is 1. The minimum Gasteiger partial charge on any atom is -0.497 e. The Balaban J connectivity index is 0.961. The van der Waals surface area contributed by atoms with E-state index >= 15 is 0 Å². The number of likely N-dealkylation sites (N-methyl/N-ethyl adjacent to an activating group) is 1. The number of benzene rings is 4. The number of nitrogens with zero attached hydrogens (tertiary/aromatic N) is 4. The zero-order valence-corrected chi connectivity index (χ0v) is 30.1. The first-order chi connectivity index (χ1) is 25.2. The Hall–Kier alpha value is -5.23. The number of halogens is 1. The molecular formula is C40H39ClN4O7. The fourth-order valence-corrected chi connectivity index (χ4v) is 7.25. The molecule has 52 heavy (non-hydrogen) atoms. The molecule has 11 nitrogen and oxygen atoms in total. The van der Waals surface area contributed by atoms with Crippen molar-refractivity contribution in [1.82, 2.24) is 14.4 Å². The first kappa shape index (κ1) is 35.2. The SMILES string of the molecule is COc1ccc2c(c1)c(CC(=O)OCCOCCN1C(=O)c3cccc4c(N5CCN(C)CC5)ccc(c34)C1=O)c(C)n2C(=O)c1ccc(Cl)cc1. The number of ether oxygens (including phenoxy) is 3. The molecule has 2 aliphatic heterocycles. The molecule has 3 heterocycles. The van der Waals surface area contributed by atoms with E-state index < -0.39 is 5.97 Å². The third-order valence-electron chi connectivity index (χ3n) is 9.92. The van der Waals surface area contributed by atoms with E-state index in [0.29, 0.717) is 55.0 Å². The van der Waals surface area contributed by atoms with Gasteiger partial charge in [-0.15, -0.1) is 0 Å². The van der Waals surface area contributed by atoms with E-state index in [1.807, 2.05) is 24.3 Å². The van der Waals surface area contributed by atoms with E-state index in [4.69, 9.17) is 25.8 Å². The highest BCUT2D eigenvalue weighted by atomic mass is 35.5. The van der Waals surface area contributed by atoms with E-state index in [0.717, 1.165) is 37.3 Å². The number of aromatic nitrogens is 1. The molecule has 0 bridgehead atoms. The van der Waals surface area contributed by atoms with Gasteiger partial charge in [-0.25, -0.2) is 0 Å². The molecule has 1 aromatic heterocycles. The standard InChI is InChI=1S/C40H39ClN4O7/c1-25-32(33-23-28(50-3)11-13-35(33)45(25)38(47)26-7-9-27(41)10-8-26)24-36(46)52-22-21-51-20-19-44-39(48)30-6-4-5-29-34(43-17-15-42(2)16-18-43)14-12-31(37(29)30)40(44)49/h4-14,23H,15-22,24H2,1-3H3. The summed E-state index contributed by atoms with van der Waals surface area (Å²) in [6.07, 6.45) is -0.0747. The second-order valence-corrected chi connectivity index (χ2v) is 13.5. The number of anilines is 1. The Kier molecular flexibility index (Phi) is 10.0. The van der Waals surface area contributed by atoms with Crippen molar-refractivity contribution in [2.75, 3.05) is 71.6 Å². The summed E-state index contributed by atoms with van der Waals surface area (Å²) in [5.41, 5.74) is 4.39. The number of piperazine rings is 1. The van der Waals surface area contributed by atoms with Gasteiger partial charge in [-0.2, -0.15) is 0 Å². The van der Waals surface area contributed by atoms with Crippen molar-refractivity contribution < 1.29 is 33.4 Å². The minimum atomic E-state index is -0.491. The quantitative estimate of drug-likeness (QED) is 0.0977. The number of hydrogen-bond donors (Lipinski definition) is 0. The number of amides is 2. The number of carbonyl (C=O) groups is 4. The third-order valence-corrected chi connectivity index (χ3v) is 10.2. The predicted molar refractivity (Wildman–Crippen MR) is 199 cm³/mol. The van der Waals surface area contributed by atoms with Crippen molar-refractivity contribution in [3.05, 3.63) is 106 Å².